The summed E-state index contributed by atoms with van der Waals surface area (Å²) in [5, 5.41) is 4.86. The molecule has 108 valence electrons. The summed E-state index contributed by atoms with van der Waals surface area (Å²) in [6.07, 6.45) is 1.70. The Balaban J connectivity index is 1.85. The van der Waals surface area contributed by atoms with Gasteiger partial charge in [-0.25, -0.2) is 4.98 Å². The molecule has 3 aromatic rings. The maximum absolute atomic E-state index is 5.89. The van der Waals surface area contributed by atoms with Gasteiger partial charge in [0.15, 0.2) is 0 Å². The van der Waals surface area contributed by atoms with Crippen LogP contribution in [0.5, 0.6) is 0 Å². The Bertz CT molecular complexity index is 803. The second kappa shape index (κ2) is 5.99. The average Bonchev–Trinajstić information content (AvgIpc) is 2.86. The normalized spacial score (nSPS) is 12.6. The van der Waals surface area contributed by atoms with Crippen LogP contribution in [0.3, 0.4) is 0 Å². The summed E-state index contributed by atoms with van der Waals surface area (Å²) in [5.41, 5.74) is 1.75. The zero-order chi connectivity index (χ0) is 15.0. The first-order valence-electron chi connectivity index (χ1n) is 6.29. The Kier molecular flexibility index (Phi) is 4.24. The van der Waals surface area contributed by atoms with E-state index in [4.69, 9.17) is 16.0 Å². The monoisotopic (exact) mass is 428 g/mol. The molecule has 6 heteroatoms. The summed E-state index contributed by atoms with van der Waals surface area (Å²) < 4.78 is 7.66. The molecule has 0 saturated heterocycles. The first kappa shape index (κ1) is 14.9. The van der Waals surface area contributed by atoms with Gasteiger partial charge in [-0.05, 0) is 53.2 Å². The highest BCUT2D eigenvalue weighted by molar-refractivity contribution is 9.10. The first-order chi connectivity index (χ1) is 10.0. The van der Waals surface area contributed by atoms with Crippen LogP contribution in [-0.4, -0.2) is 4.98 Å². The summed E-state index contributed by atoms with van der Waals surface area (Å²) in [7, 11) is 0. The summed E-state index contributed by atoms with van der Waals surface area (Å²) in [6.45, 7) is 2.04. The molecule has 2 heterocycles. The second-order valence-corrected chi connectivity index (χ2v) is 6.82. The Morgan fingerprint density at radius 1 is 1.24 bits per heavy atom. The molecule has 0 aliphatic carbocycles. The lowest BCUT2D eigenvalue weighted by Crippen LogP contribution is -2.05. The number of hydrogen-bond donors (Lipinski definition) is 1. The molecule has 0 aliphatic rings. The predicted molar refractivity (Wildman–Crippen MR) is 92.9 cm³/mol. The van der Waals surface area contributed by atoms with Gasteiger partial charge in [0.05, 0.1) is 22.4 Å². The van der Waals surface area contributed by atoms with Gasteiger partial charge in [0, 0.05) is 9.86 Å². The predicted octanol–water partition coefficient (Wildman–Crippen LogP) is 6.18. The van der Waals surface area contributed by atoms with Crippen molar-refractivity contribution in [2.45, 2.75) is 13.0 Å². The highest BCUT2D eigenvalue weighted by atomic mass is 79.9. The molecule has 1 aromatic carbocycles. The summed E-state index contributed by atoms with van der Waals surface area (Å²) in [6, 6.07) is 9.91. The SMILES string of the molecule is CC(Nc1cnc(Cl)c(Br)c1)c1cc2cc(Br)ccc2o1. The third kappa shape index (κ3) is 3.25. The molecular formula is C15H11Br2ClN2O. The molecule has 0 bridgehead atoms. The van der Waals surface area contributed by atoms with Crippen molar-refractivity contribution in [1.82, 2.24) is 4.98 Å². The first-order valence-corrected chi connectivity index (χ1v) is 8.26. The van der Waals surface area contributed by atoms with Crippen LogP contribution in [0, 0.1) is 0 Å². The lowest BCUT2D eigenvalue weighted by atomic mass is 10.2. The minimum atomic E-state index is 0.0195. The standard InChI is InChI=1S/C15H11Br2ClN2O/c1-8(20-11-6-12(17)15(18)19-7-11)14-5-9-4-10(16)2-3-13(9)21-14/h2-8,20H,1H3. The second-order valence-electron chi connectivity index (χ2n) is 4.69. The van der Waals surface area contributed by atoms with Crippen molar-refractivity contribution < 1.29 is 4.42 Å². The van der Waals surface area contributed by atoms with Gasteiger partial charge in [0.2, 0.25) is 0 Å². The Morgan fingerprint density at radius 3 is 2.81 bits per heavy atom. The van der Waals surface area contributed by atoms with Crippen LogP contribution in [0.2, 0.25) is 5.15 Å². The smallest absolute Gasteiger partial charge is 0.143 e. The summed E-state index contributed by atoms with van der Waals surface area (Å²) in [4.78, 5) is 4.10. The molecular weight excluding hydrogens is 419 g/mol. The van der Waals surface area contributed by atoms with E-state index in [-0.39, 0.29) is 6.04 Å². The van der Waals surface area contributed by atoms with Crippen LogP contribution in [0.25, 0.3) is 11.0 Å². The van der Waals surface area contributed by atoms with Crippen molar-refractivity contribution >= 4 is 60.1 Å². The number of halogens is 3. The van der Waals surface area contributed by atoms with Crippen molar-refractivity contribution in [3.8, 4) is 0 Å². The van der Waals surface area contributed by atoms with E-state index in [9.17, 15) is 0 Å². The number of fused-ring (bicyclic) bond motifs is 1. The van der Waals surface area contributed by atoms with Crippen molar-refractivity contribution in [2.24, 2.45) is 0 Å². The van der Waals surface area contributed by atoms with Crippen LogP contribution in [0.4, 0.5) is 5.69 Å². The minimum absolute atomic E-state index is 0.0195. The number of benzene rings is 1. The topological polar surface area (TPSA) is 38.1 Å². The van der Waals surface area contributed by atoms with Gasteiger partial charge in [-0.1, -0.05) is 27.5 Å². The number of nitrogens with one attached hydrogen (secondary N) is 1. The molecule has 2 aromatic heterocycles. The van der Waals surface area contributed by atoms with Crippen LogP contribution in [0.15, 0.2) is 49.9 Å². The Labute approximate surface area is 144 Å². The van der Waals surface area contributed by atoms with E-state index in [1.54, 1.807) is 6.20 Å². The molecule has 1 atom stereocenters. The van der Waals surface area contributed by atoms with Crippen LogP contribution in [-0.2, 0) is 0 Å². The highest BCUT2D eigenvalue weighted by Crippen LogP contribution is 2.29. The molecule has 1 unspecified atom stereocenters. The number of furan rings is 1. The van der Waals surface area contributed by atoms with Crippen LogP contribution < -0.4 is 5.32 Å². The minimum Gasteiger partial charge on any atom is -0.459 e. The van der Waals surface area contributed by atoms with Crippen LogP contribution in [0.1, 0.15) is 18.7 Å². The maximum atomic E-state index is 5.89. The van der Waals surface area contributed by atoms with E-state index in [1.807, 2.05) is 37.3 Å². The fourth-order valence-corrected chi connectivity index (χ4v) is 2.90. The molecule has 3 nitrogen and oxygen atoms in total. The van der Waals surface area contributed by atoms with E-state index in [0.717, 1.165) is 31.4 Å². The molecule has 0 amide bonds. The maximum Gasteiger partial charge on any atom is 0.143 e. The fourth-order valence-electron chi connectivity index (χ4n) is 2.07. The van der Waals surface area contributed by atoms with Crippen LogP contribution >= 0.6 is 43.5 Å². The highest BCUT2D eigenvalue weighted by Gasteiger charge is 2.12. The van der Waals surface area contributed by atoms with Crippen molar-refractivity contribution in [2.75, 3.05) is 5.32 Å². The number of pyridine rings is 1. The molecule has 1 N–H and O–H groups in total. The van der Waals surface area contributed by atoms with Gasteiger partial charge in [-0.2, -0.15) is 0 Å². The number of rotatable bonds is 3. The molecule has 0 spiro atoms. The van der Waals surface area contributed by atoms with Gasteiger partial charge in [-0.3, -0.25) is 0 Å². The number of nitrogens with zero attached hydrogens (tertiary/aromatic N) is 1. The van der Waals surface area contributed by atoms with Crippen molar-refractivity contribution in [3.63, 3.8) is 0 Å². The molecule has 3 rings (SSSR count). The van der Waals surface area contributed by atoms with Crippen molar-refractivity contribution in [1.29, 1.82) is 0 Å². The largest absolute Gasteiger partial charge is 0.459 e. The number of anilines is 1. The third-order valence-electron chi connectivity index (χ3n) is 3.10. The van der Waals surface area contributed by atoms with Gasteiger partial charge in [0.1, 0.15) is 16.5 Å². The van der Waals surface area contributed by atoms with Gasteiger partial charge in [0.25, 0.3) is 0 Å². The quantitative estimate of drug-likeness (QED) is 0.504. The molecule has 21 heavy (non-hydrogen) atoms. The summed E-state index contributed by atoms with van der Waals surface area (Å²) >= 11 is 12.7. The fraction of sp³-hybridized carbons (Fsp3) is 0.133. The molecule has 0 radical (unpaired) electrons. The number of aromatic nitrogens is 1. The van der Waals surface area contributed by atoms with Gasteiger partial charge in [-0.15, -0.1) is 0 Å². The van der Waals surface area contributed by atoms with Gasteiger partial charge < -0.3 is 9.73 Å². The van der Waals surface area contributed by atoms with E-state index in [2.05, 4.69) is 42.2 Å². The molecule has 0 fully saturated rings. The zero-order valence-corrected chi connectivity index (χ0v) is 15.0. The summed E-state index contributed by atoms with van der Waals surface area (Å²) in [5.74, 6) is 0.870. The molecule has 0 aliphatic heterocycles. The Morgan fingerprint density at radius 2 is 2.05 bits per heavy atom. The van der Waals surface area contributed by atoms with Gasteiger partial charge >= 0.3 is 0 Å². The Hall–Kier alpha value is -1.04. The van der Waals surface area contributed by atoms with E-state index in [0.29, 0.717) is 5.15 Å². The molecule has 0 saturated carbocycles. The average molecular weight is 431 g/mol. The third-order valence-corrected chi connectivity index (χ3v) is 4.73. The van der Waals surface area contributed by atoms with Crippen molar-refractivity contribution in [3.05, 3.63) is 56.4 Å². The van der Waals surface area contributed by atoms with E-state index in [1.165, 1.54) is 0 Å². The lowest BCUT2D eigenvalue weighted by molar-refractivity contribution is 0.526. The lowest BCUT2D eigenvalue weighted by Gasteiger charge is -2.12. The zero-order valence-electron chi connectivity index (χ0n) is 11.0. The number of hydrogen-bond acceptors (Lipinski definition) is 3. The van der Waals surface area contributed by atoms with E-state index < -0.39 is 0 Å². The van der Waals surface area contributed by atoms with E-state index >= 15 is 0 Å².